The van der Waals surface area contributed by atoms with Gasteiger partial charge in [-0.1, -0.05) is 25.3 Å². The van der Waals surface area contributed by atoms with Crippen LogP contribution in [0.1, 0.15) is 13.8 Å². The summed E-state index contributed by atoms with van der Waals surface area (Å²) < 4.78 is 0. The molecule has 0 aliphatic carbocycles. The minimum absolute atomic E-state index is 1.03. The normalized spacial score (nSPS) is 8.55. The zero-order valence-electron chi connectivity index (χ0n) is 7.51. The zero-order valence-corrected chi connectivity index (χ0v) is 7.51. The van der Waals surface area contributed by atoms with Crippen LogP contribution in [-0.2, 0) is 0 Å². The van der Waals surface area contributed by atoms with Crippen molar-refractivity contribution in [3.05, 3.63) is 37.1 Å². The summed E-state index contributed by atoms with van der Waals surface area (Å²) >= 11 is 0. The predicted octanol–water partition coefficient (Wildman–Crippen LogP) is 2.58. The molecule has 0 N–H and O–H groups in total. The van der Waals surface area contributed by atoms with Crippen LogP contribution >= 0.6 is 0 Å². The van der Waals surface area contributed by atoms with E-state index in [1.165, 1.54) is 0 Å². The largest absolute Gasteiger partial charge is 0.377 e. The molecule has 11 heavy (non-hydrogen) atoms. The van der Waals surface area contributed by atoms with Gasteiger partial charge in [-0.25, -0.2) is 0 Å². The van der Waals surface area contributed by atoms with E-state index in [1.54, 1.807) is 0 Å². The van der Waals surface area contributed by atoms with Crippen molar-refractivity contribution < 1.29 is 0 Å². The molecule has 0 spiro atoms. The zero-order chi connectivity index (χ0) is 8.69. The highest BCUT2D eigenvalue weighted by Crippen LogP contribution is 1.99. The minimum atomic E-state index is 1.03. The van der Waals surface area contributed by atoms with Crippen molar-refractivity contribution in [3.63, 3.8) is 0 Å². The van der Waals surface area contributed by atoms with E-state index in [0.29, 0.717) is 0 Å². The Balaban J connectivity index is 4.20. The van der Waals surface area contributed by atoms with Crippen molar-refractivity contribution in [2.24, 2.45) is 0 Å². The molecule has 0 rings (SSSR count). The second-order valence-electron chi connectivity index (χ2n) is 2.26. The van der Waals surface area contributed by atoms with Gasteiger partial charge in [-0.15, -0.1) is 0 Å². The third kappa shape index (κ3) is 3.66. The Morgan fingerprint density at radius 2 is 1.64 bits per heavy atom. The van der Waals surface area contributed by atoms with Crippen LogP contribution < -0.4 is 0 Å². The maximum Gasteiger partial charge on any atom is 0.0144 e. The molecule has 1 nitrogen and oxygen atoms in total. The Morgan fingerprint density at radius 1 is 1.18 bits per heavy atom. The van der Waals surface area contributed by atoms with Gasteiger partial charge in [-0.3, -0.25) is 0 Å². The summed E-state index contributed by atoms with van der Waals surface area (Å²) in [5.74, 6) is 0. The first-order valence-electron chi connectivity index (χ1n) is 3.99. The molecule has 0 amide bonds. The number of rotatable bonds is 5. The van der Waals surface area contributed by atoms with Crippen molar-refractivity contribution in [2.45, 2.75) is 13.8 Å². The fourth-order valence-electron chi connectivity index (χ4n) is 0.806. The van der Waals surface area contributed by atoms with E-state index < -0.39 is 0 Å². The lowest BCUT2D eigenvalue weighted by Gasteiger charge is -2.15. The maximum absolute atomic E-state index is 3.69. The maximum atomic E-state index is 3.69. The molecule has 0 fully saturated rings. The van der Waals surface area contributed by atoms with E-state index in [2.05, 4.69) is 38.1 Å². The van der Waals surface area contributed by atoms with Crippen LogP contribution in [-0.4, -0.2) is 18.0 Å². The van der Waals surface area contributed by atoms with E-state index >= 15 is 0 Å². The third-order valence-electron chi connectivity index (χ3n) is 1.62. The highest BCUT2D eigenvalue weighted by atomic mass is 15.1. The molecule has 0 saturated carbocycles. The van der Waals surface area contributed by atoms with Crippen LogP contribution in [0.3, 0.4) is 0 Å². The van der Waals surface area contributed by atoms with E-state index in [9.17, 15) is 0 Å². The van der Waals surface area contributed by atoms with Gasteiger partial charge in [0.2, 0.25) is 0 Å². The lowest BCUT2D eigenvalue weighted by Crippen LogP contribution is -2.15. The van der Waals surface area contributed by atoms with Crippen molar-refractivity contribution >= 4 is 0 Å². The van der Waals surface area contributed by atoms with Gasteiger partial charge in [-0.05, 0) is 19.4 Å². The molecule has 0 aromatic heterocycles. The second kappa shape index (κ2) is 5.78. The van der Waals surface area contributed by atoms with Gasteiger partial charge < -0.3 is 4.90 Å². The molecule has 1 heteroatoms. The topological polar surface area (TPSA) is 3.24 Å². The molecule has 0 heterocycles. The van der Waals surface area contributed by atoms with Crippen LogP contribution in [0.25, 0.3) is 0 Å². The van der Waals surface area contributed by atoms with E-state index in [4.69, 9.17) is 0 Å². The first kappa shape index (κ1) is 10.0. The summed E-state index contributed by atoms with van der Waals surface area (Å²) in [4.78, 5) is 2.21. The van der Waals surface area contributed by atoms with E-state index in [0.717, 1.165) is 18.7 Å². The van der Waals surface area contributed by atoms with Gasteiger partial charge in [-0.2, -0.15) is 0 Å². The Kier molecular flexibility index (Phi) is 5.26. The molecule has 0 atom stereocenters. The molecular weight excluding hydrogens is 134 g/mol. The molecule has 0 unspecified atom stereocenters. The van der Waals surface area contributed by atoms with Crippen LogP contribution in [0.2, 0.25) is 0 Å². The summed E-state index contributed by atoms with van der Waals surface area (Å²) in [5.41, 5.74) is 1.08. The smallest absolute Gasteiger partial charge is 0.0144 e. The molecule has 0 aliphatic rings. The summed E-state index contributed by atoms with van der Waals surface area (Å²) in [5, 5.41) is 0. The van der Waals surface area contributed by atoms with Gasteiger partial charge in [0.05, 0.1) is 0 Å². The van der Waals surface area contributed by atoms with Crippen LogP contribution in [0.15, 0.2) is 37.1 Å². The lowest BCUT2D eigenvalue weighted by atomic mass is 10.3. The van der Waals surface area contributed by atoms with Gasteiger partial charge in [0.1, 0.15) is 0 Å². The quantitative estimate of drug-likeness (QED) is 0.546. The summed E-state index contributed by atoms with van der Waals surface area (Å²) in [6.45, 7) is 13.7. The third-order valence-corrected chi connectivity index (χ3v) is 1.62. The van der Waals surface area contributed by atoms with E-state index in [1.807, 2.05) is 12.2 Å². The summed E-state index contributed by atoms with van der Waals surface area (Å²) in [7, 11) is 0. The SMILES string of the molecule is C=CC(C=C)=CN(CC)CC. The first-order chi connectivity index (χ1) is 5.28. The highest BCUT2D eigenvalue weighted by molar-refractivity contribution is 5.26. The Labute approximate surface area is 69.7 Å². The lowest BCUT2D eigenvalue weighted by molar-refractivity contribution is 0.417. The molecule has 62 valence electrons. The Bertz CT molecular complexity index is 142. The van der Waals surface area contributed by atoms with E-state index in [-0.39, 0.29) is 0 Å². The monoisotopic (exact) mass is 151 g/mol. The highest BCUT2D eigenvalue weighted by Gasteiger charge is 1.91. The second-order valence-corrected chi connectivity index (χ2v) is 2.26. The molecule has 0 aromatic carbocycles. The number of hydrogen-bond donors (Lipinski definition) is 0. The van der Waals surface area contributed by atoms with Gasteiger partial charge in [0, 0.05) is 19.3 Å². The molecular formula is C10H17N. The van der Waals surface area contributed by atoms with Crippen molar-refractivity contribution in [1.29, 1.82) is 0 Å². The van der Waals surface area contributed by atoms with Crippen LogP contribution in [0.5, 0.6) is 0 Å². The van der Waals surface area contributed by atoms with Crippen molar-refractivity contribution in [1.82, 2.24) is 4.90 Å². The van der Waals surface area contributed by atoms with Gasteiger partial charge >= 0.3 is 0 Å². The van der Waals surface area contributed by atoms with Crippen LogP contribution in [0.4, 0.5) is 0 Å². The fraction of sp³-hybridized carbons (Fsp3) is 0.400. The van der Waals surface area contributed by atoms with Crippen LogP contribution in [0, 0.1) is 0 Å². The summed E-state index contributed by atoms with van der Waals surface area (Å²) in [6, 6.07) is 0. The molecule has 0 aromatic rings. The number of hydrogen-bond acceptors (Lipinski definition) is 1. The number of allylic oxidation sites excluding steroid dienone is 3. The Hall–Kier alpha value is -0.980. The predicted molar refractivity (Wildman–Crippen MR) is 51.4 cm³/mol. The number of nitrogens with zero attached hydrogens (tertiary/aromatic N) is 1. The first-order valence-corrected chi connectivity index (χ1v) is 3.99. The molecule has 0 saturated heterocycles. The van der Waals surface area contributed by atoms with Gasteiger partial charge in [0.25, 0.3) is 0 Å². The Morgan fingerprint density at radius 3 is 1.91 bits per heavy atom. The fourth-order valence-corrected chi connectivity index (χ4v) is 0.806. The standard InChI is InChI=1S/C10H17N/c1-5-10(6-2)9-11(7-3)8-4/h5-6,9H,1-2,7-8H2,3-4H3. The molecule has 0 radical (unpaired) electrons. The molecule has 0 aliphatic heterocycles. The average molecular weight is 151 g/mol. The summed E-state index contributed by atoms with van der Waals surface area (Å²) in [6.07, 6.45) is 5.69. The van der Waals surface area contributed by atoms with Crippen molar-refractivity contribution in [3.8, 4) is 0 Å². The average Bonchev–Trinajstić information content (AvgIpc) is 2.07. The van der Waals surface area contributed by atoms with Gasteiger partial charge in [0.15, 0.2) is 0 Å². The minimum Gasteiger partial charge on any atom is -0.377 e. The molecule has 0 bridgehead atoms. The van der Waals surface area contributed by atoms with Crippen molar-refractivity contribution in [2.75, 3.05) is 13.1 Å².